The third-order valence-corrected chi connectivity index (χ3v) is 4.26. The summed E-state index contributed by atoms with van der Waals surface area (Å²) in [5.41, 5.74) is 4.90. The maximum atomic E-state index is 4.11. The van der Waals surface area contributed by atoms with Gasteiger partial charge in [0.15, 0.2) is 0 Å². The summed E-state index contributed by atoms with van der Waals surface area (Å²) in [5, 5.41) is 3.46. The van der Waals surface area contributed by atoms with E-state index in [9.17, 15) is 0 Å². The maximum Gasteiger partial charge on any atom is 0.0413 e. The van der Waals surface area contributed by atoms with Crippen molar-refractivity contribution < 1.29 is 0 Å². The number of aryl methyl sites for hydroxylation is 1. The van der Waals surface area contributed by atoms with Crippen molar-refractivity contribution in [2.45, 2.75) is 46.6 Å². The summed E-state index contributed by atoms with van der Waals surface area (Å²) in [5.74, 6) is 0. The molecule has 0 amide bonds. The van der Waals surface area contributed by atoms with Crippen molar-refractivity contribution in [3.8, 4) is 0 Å². The van der Waals surface area contributed by atoms with Crippen LogP contribution >= 0.6 is 15.9 Å². The molecule has 0 aromatic heterocycles. The third kappa shape index (κ3) is 6.81. The monoisotopic (exact) mass is 347 g/mol. The zero-order valence-electron chi connectivity index (χ0n) is 13.5. The second-order valence-corrected chi connectivity index (χ2v) is 6.58. The van der Waals surface area contributed by atoms with E-state index in [0.717, 1.165) is 23.0 Å². The summed E-state index contributed by atoms with van der Waals surface area (Å²) >= 11 is 3.60. The average Bonchev–Trinajstić information content (AvgIpc) is 2.45. The molecule has 1 atom stereocenters. The molecule has 2 heteroatoms. The number of allylic oxidation sites excluding steroid dienone is 4. The quantitative estimate of drug-likeness (QED) is 0.619. The first kappa shape index (κ1) is 17.8. The average molecular weight is 348 g/mol. The fourth-order valence-corrected chi connectivity index (χ4v) is 2.35. The molecule has 1 unspecified atom stereocenters. The summed E-state index contributed by atoms with van der Waals surface area (Å²) in [6, 6.07) is 11.0. The molecule has 0 heterocycles. The molecule has 0 saturated carbocycles. The zero-order chi connectivity index (χ0) is 15.8. The molecule has 1 nitrogen and oxygen atoms in total. The summed E-state index contributed by atoms with van der Waals surface area (Å²) in [7, 11) is 0. The molecule has 1 N–H and O–H groups in total. The predicted octanol–water partition coefficient (Wildman–Crippen LogP) is 5.75. The van der Waals surface area contributed by atoms with Crippen LogP contribution in [-0.2, 0) is 6.42 Å². The van der Waals surface area contributed by atoms with Gasteiger partial charge in [-0.1, -0.05) is 48.1 Å². The Hall–Kier alpha value is -1.28. The lowest BCUT2D eigenvalue weighted by Crippen LogP contribution is -2.25. The van der Waals surface area contributed by atoms with Crippen molar-refractivity contribution in [3.63, 3.8) is 0 Å². The minimum atomic E-state index is 0.394. The van der Waals surface area contributed by atoms with Crippen LogP contribution in [0.25, 0.3) is 0 Å². The number of hydrogen-bond donors (Lipinski definition) is 1. The highest BCUT2D eigenvalue weighted by molar-refractivity contribution is 9.12. The van der Waals surface area contributed by atoms with E-state index in [2.05, 4.69) is 91.9 Å². The van der Waals surface area contributed by atoms with E-state index in [-0.39, 0.29) is 0 Å². The van der Waals surface area contributed by atoms with Gasteiger partial charge >= 0.3 is 0 Å². The Labute approximate surface area is 138 Å². The molecular weight excluding hydrogens is 322 g/mol. The smallest absolute Gasteiger partial charge is 0.0413 e. The van der Waals surface area contributed by atoms with E-state index >= 15 is 0 Å². The van der Waals surface area contributed by atoms with Gasteiger partial charge in [-0.05, 0) is 68.1 Å². The largest absolute Gasteiger partial charge is 0.382 e. The fraction of sp³-hybridized carbons (Fsp3) is 0.368. The first-order valence-electron chi connectivity index (χ1n) is 7.41. The van der Waals surface area contributed by atoms with Crippen LogP contribution in [0.5, 0.6) is 0 Å². The highest BCUT2D eigenvalue weighted by Crippen LogP contribution is 2.18. The van der Waals surface area contributed by atoms with Crippen LogP contribution < -0.4 is 5.32 Å². The summed E-state index contributed by atoms with van der Waals surface area (Å²) in [6.45, 7) is 12.7. The summed E-state index contributed by atoms with van der Waals surface area (Å²) in [6.07, 6.45) is 4.29. The SMILES string of the molecule is C=C(NC(C)CCc1ccccc1)/C(Br)=C\C(C)=C(C)C. The molecule has 0 bridgehead atoms. The van der Waals surface area contributed by atoms with Gasteiger partial charge in [-0.3, -0.25) is 0 Å². The van der Waals surface area contributed by atoms with Crippen LogP contribution in [0.2, 0.25) is 0 Å². The minimum absolute atomic E-state index is 0.394. The third-order valence-electron chi connectivity index (χ3n) is 3.55. The molecule has 0 spiro atoms. The van der Waals surface area contributed by atoms with Crippen LogP contribution in [0.3, 0.4) is 0 Å². The van der Waals surface area contributed by atoms with E-state index in [1.54, 1.807) is 0 Å². The van der Waals surface area contributed by atoms with Gasteiger partial charge in [0.1, 0.15) is 0 Å². The molecule has 1 aromatic carbocycles. The molecule has 0 aliphatic heterocycles. The van der Waals surface area contributed by atoms with Gasteiger partial charge in [0, 0.05) is 16.2 Å². The number of rotatable bonds is 7. The standard InChI is InChI=1S/C19H26BrN/c1-14(2)15(3)13-19(20)17(5)21-16(4)11-12-18-9-7-6-8-10-18/h6-10,13,16,21H,5,11-12H2,1-4H3/b19-13+. The Bertz CT molecular complexity index is 522. The number of halogens is 1. The zero-order valence-corrected chi connectivity index (χ0v) is 15.1. The van der Waals surface area contributed by atoms with E-state index in [4.69, 9.17) is 0 Å². The normalized spacial score (nSPS) is 12.7. The number of hydrogen-bond acceptors (Lipinski definition) is 1. The highest BCUT2D eigenvalue weighted by atomic mass is 79.9. The van der Waals surface area contributed by atoms with Gasteiger partial charge in [0.25, 0.3) is 0 Å². The molecule has 0 saturated heterocycles. The molecule has 1 rings (SSSR count). The lowest BCUT2D eigenvalue weighted by Gasteiger charge is -2.17. The van der Waals surface area contributed by atoms with E-state index < -0.39 is 0 Å². The summed E-state index contributed by atoms with van der Waals surface area (Å²) in [4.78, 5) is 0. The number of nitrogens with one attached hydrogen (secondary N) is 1. The molecule has 0 radical (unpaired) electrons. The predicted molar refractivity (Wildman–Crippen MR) is 97.6 cm³/mol. The lowest BCUT2D eigenvalue weighted by atomic mass is 10.1. The summed E-state index contributed by atoms with van der Waals surface area (Å²) < 4.78 is 1.02. The fourth-order valence-electron chi connectivity index (χ4n) is 1.89. The van der Waals surface area contributed by atoms with Crippen LogP contribution in [0.4, 0.5) is 0 Å². The molecule has 21 heavy (non-hydrogen) atoms. The molecule has 0 fully saturated rings. The Kier molecular flexibility index (Phi) is 7.52. The Morgan fingerprint density at radius 2 is 1.86 bits per heavy atom. The molecule has 0 aliphatic rings. The Morgan fingerprint density at radius 1 is 1.24 bits per heavy atom. The van der Waals surface area contributed by atoms with Crippen molar-refractivity contribution in [1.29, 1.82) is 0 Å². The van der Waals surface area contributed by atoms with Crippen LogP contribution in [-0.4, -0.2) is 6.04 Å². The molecule has 1 aromatic rings. The van der Waals surface area contributed by atoms with E-state index in [1.807, 2.05) is 0 Å². The van der Waals surface area contributed by atoms with Crippen molar-refractivity contribution >= 4 is 15.9 Å². The van der Waals surface area contributed by atoms with Gasteiger partial charge < -0.3 is 5.32 Å². The van der Waals surface area contributed by atoms with E-state index in [0.29, 0.717) is 6.04 Å². The Morgan fingerprint density at radius 3 is 2.43 bits per heavy atom. The second kappa shape index (κ2) is 8.89. The van der Waals surface area contributed by atoms with Gasteiger partial charge in [0.05, 0.1) is 0 Å². The van der Waals surface area contributed by atoms with Gasteiger partial charge in [-0.15, -0.1) is 0 Å². The maximum absolute atomic E-state index is 4.11. The van der Waals surface area contributed by atoms with Crippen LogP contribution in [0, 0.1) is 0 Å². The van der Waals surface area contributed by atoms with Crippen LogP contribution in [0.15, 0.2) is 64.3 Å². The minimum Gasteiger partial charge on any atom is -0.382 e. The molecule has 0 aliphatic carbocycles. The van der Waals surface area contributed by atoms with Crippen molar-refractivity contribution in [2.24, 2.45) is 0 Å². The van der Waals surface area contributed by atoms with Crippen molar-refractivity contribution in [1.82, 2.24) is 5.32 Å². The van der Waals surface area contributed by atoms with E-state index in [1.165, 1.54) is 16.7 Å². The second-order valence-electron chi connectivity index (χ2n) is 5.72. The molecular formula is C19H26BrN. The first-order valence-corrected chi connectivity index (χ1v) is 8.20. The molecule has 114 valence electrons. The van der Waals surface area contributed by atoms with Gasteiger partial charge in [0.2, 0.25) is 0 Å². The highest BCUT2D eigenvalue weighted by Gasteiger charge is 2.06. The lowest BCUT2D eigenvalue weighted by molar-refractivity contribution is 0.575. The van der Waals surface area contributed by atoms with Gasteiger partial charge in [-0.25, -0.2) is 0 Å². The van der Waals surface area contributed by atoms with Crippen LogP contribution in [0.1, 0.15) is 39.7 Å². The van der Waals surface area contributed by atoms with Gasteiger partial charge in [-0.2, -0.15) is 0 Å². The number of benzene rings is 1. The first-order chi connectivity index (χ1) is 9.90. The Balaban J connectivity index is 2.49. The van der Waals surface area contributed by atoms with Crippen molar-refractivity contribution in [2.75, 3.05) is 0 Å². The topological polar surface area (TPSA) is 12.0 Å². The van der Waals surface area contributed by atoms with Crippen molar-refractivity contribution in [3.05, 3.63) is 69.9 Å².